The van der Waals surface area contributed by atoms with Gasteiger partial charge in [-0.2, -0.15) is 0 Å². The second-order valence-electron chi connectivity index (χ2n) is 7.31. The molecule has 3 rings (SSSR count). The van der Waals surface area contributed by atoms with Crippen molar-refractivity contribution in [3.05, 3.63) is 41.0 Å². The summed E-state index contributed by atoms with van der Waals surface area (Å²) in [4.78, 5) is 11.3. The molecule has 0 spiro atoms. The van der Waals surface area contributed by atoms with E-state index < -0.39 is 11.6 Å². The summed E-state index contributed by atoms with van der Waals surface area (Å²) in [5.41, 5.74) is 1.64. The Labute approximate surface area is 143 Å². The van der Waals surface area contributed by atoms with Crippen LogP contribution in [0.3, 0.4) is 0 Å². The first kappa shape index (κ1) is 17.3. The Kier molecular flexibility index (Phi) is 5.47. The van der Waals surface area contributed by atoms with Crippen LogP contribution in [0.25, 0.3) is 5.57 Å². The van der Waals surface area contributed by atoms with Gasteiger partial charge in [0.1, 0.15) is 5.78 Å². The average Bonchev–Trinajstić information content (AvgIpc) is 2.59. The molecule has 24 heavy (non-hydrogen) atoms. The molecule has 0 aliphatic heterocycles. The Morgan fingerprint density at radius 1 is 1.04 bits per heavy atom. The number of halogens is 2. The Morgan fingerprint density at radius 3 is 2.42 bits per heavy atom. The topological polar surface area (TPSA) is 17.1 Å². The van der Waals surface area contributed by atoms with E-state index in [9.17, 15) is 13.6 Å². The molecule has 0 atom stereocenters. The standard InChI is InChI=1S/C21H26F2O/c1-2-3-14-4-6-15(7-5-14)18-12-13-19(21(23)20(18)22)16-8-10-17(24)11-9-16/h8,12-15H,2-7,9-11H2,1H3. The highest BCUT2D eigenvalue weighted by Crippen LogP contribution is 2.40. The van der Waals surface area contributed by atoms with Crippen molar-refractivity contribution in [2.45, 2.75) is 70.6 Å². The zero-order chi connectivity index (χ0) is 17.1. The second kappa shape index (κ2) is 7.58. The van der Waals surface area contributed by atoms with E-state index in [4.69, 9.17) is 0 Å². The SMILES string of the molecule is CCCC1CCC(c2ccc(C3=CCC(=O)CC3)c(F)c2F)CC1. The van der Waals surface area contributed by atoms with Crippen molar-refractivity contribution in [3.63, 3.8) is 0 Å². The number of carbonyl (C=O) groups is 1. The third-order valence-electron chi connectivity index (χ3n) is 5.69. The van der Waals surface area contributed by atoms with Crippen LogP contribution in [0.5, 0.6) is 0 Å². The molecule has 2 aliphatic carbocycles. The lowest BCUT2D eigenvalue weighted by Gasteiger charge is -2.29. The highest BCUT2D eigenvalue weighted by Gasteiger charge is 2.27. The molecule has 0 aromatic heterocycles. The molecule has 0 heterocycles. The fourth-order valence-electron chi connectivity index (χ4n) is 4.26. The summed E-state index contributed by atoms with van der Waals surface area (Å²) < 4.78 is 29.2. The highest BCUT2D eigenvalue weighted by molar-refractivity contribution is 5.87. The highest BCUT2D eigenvalue weighted by atomic mass is 19.2. The lowest BCUT2D eigenvalue weighted by molar-refractivity contribution is -0.118. The number of benzene rings is 1. The predicted molar refractivity (Wildman–Crippen MR) is 92.8 cm³/mol. The lowest BCUT2D eigenvalue weighted by Crippen LogP contribution is -2.15. The third-order valence-corrected chi connectivity index (χ3v) is 5.69. The van der Waals surface area contributed by atoms with E-state index in [2.05, 4.69) is 6.92 Å². The first-order valence-corrected chi connectivity index (χ1v) is 9.29. The zero-order valence-corrected chi connectivity index (χ0v) is 14.4. The van der Waals surface area contributed by atoms with E-state index in [-0.39, 0.29) is 11.7 Å². The van der Waals surface area contributed by atoms with Crippen molar-refractivity contribution in [1.29, 1.82) is 0 Å². The number of ketones is 1. The van der Waals surface area contributed by atoms with Gasteiger partial charge in [-0.05, 0) is 55.1 Å². The van der Waals surface area contributed by atoms with Crippen LogP contribution in [0.4, 0.5) is 8.78 Å². The Bertz CT molecular complexity index is 639. The van der Waals surface area contributed by atoms with Gasteiger partial charge in [0.05, 0.1) is 0 Å². The van der Waals surface area contributed by atoms with Crippen LogP contribution >= 0.6 is 0 Å². The van der Waals surface area contributed by atoms with Gasteiger partial charge in [0.2, 0.25) is 0 Å². The molecule has 2 aliphatic rings. The monoisotopic (exact) mass is 332 g/mol. The molecule has 0 unspecified atom stereocenters. The number of carbonyl (C=O) groups excluding carboxylic acids is 1. The van der Waals surface area contributed by atoms with Gasteiger partial charge in [-0.15, -0.1) is 0 Å². The number of allylic oxidation sites excluding steroid dienone is 2. The van der Waals surface area contributed by atoms with Crippen LogP contribution in [0, 0.1) is 17.6 Å². The van der Waals surface area contributed by atoms with Crippen LogP contribution in [0.15, 0.2) is 18.2 Å². The maximum Gasteiger partial charge on any atom is 0.166 e. The molecular formula is C21H26F2O. The minimum atomic E-state index is -0.733. The van der Waals surface area contributed by atoms with Gasteiger partial charge < -0.3 is 0 Å². The largest absolute Gasteiger partial charge is 0.299 e. The van der Waals surface area contributed by atoms with Crippen molar-refractivity contribution >= 4 is 11.4 Å². The van der Waals surface area contributed by atoms with Crippen molar-refractivity contribution < 1.29 is 13.6 Å². The summed E-state index contributed by atoms with van der Waals surface area (Å²) in [6.45, 7) is 2.20. The molecule has 1 nitrogen and oxygen atoms in total. The zero-order valence-electron chi connectivity index (χ0n) is 14.4. The summed E-state index contributed by atoms with van der Waals surface area (Å²) in [6, 6.07) is 3.49. The summed E-state index contributed by atoms with van der Waals surface area (Å²) in [7, 11) is 0. The molecule has 130 valence electrons. The maximum atomic E-state index is 14.7. The van der Waals surface area contributed by atoms with E-state index in [0.29, 0.717) is 30.4 Å². The van der Waals surface area contributed by atoms with Crippen molar-refractivity contribution in [2.75, 3.05) is 0 Å². The molecule has 0 N–H and O–H groups in total. The molecule has 3 heteroatoms. The van der Waals surface area contributed by atoms with Crippen molar-refractivity contribution in [1.82, 2.24) is 0 Å². The predicted octanol–water partition coefficient (Wildman–Crippen LogP) is 6.18. The van der Waals surface area contributed by atoms with E-state index in [1.807, 2.05) is 0 Å². The first-order chi connectivity index (χ1) is 11.6. The molecule has 1 saturated carbocycles. The number of Topliss-reactive ketones (excluding diaryl/α,β-unsaturated/α-hetero) is 1. The molecule has 0 radical (unpaired) electrons. The summed E-state index contributed by atoms with van der Waals surface area (Å²) in [5, 5.41) is 0. The van der Waals surface area contributed by atoms with Crippen LogP contribution in [0.2, 0.25) is 0 Å². The van der Waals surface area contributed by atoms with E-state index in [0.717, 1.165) is 37.2 Å². The van der Waals surface area contributed by atoms with Gasteiger partial charge in [0.15, 0.2) is 11.6 Å². The Hall–Kier alpha value is -1.51. The first-order valence-electron chi connectivity index (χ1n) is 9.29. The van der Waals surface area contributed by atoms with Crippen LogP contribution in [0.1, 0.15) is 81.8 Å². The summed E-state index contributed by atoms with van der Waals surface area (Å²) in [5.74, 6) is -0.347. The minimum absolute atomic E-state index is 0.142. The van der Waals surface area contributed by atoms with Crippen LogP contribution in [-0.2, 0) is 4.79 Å². The van der Waals surface area contributed by atoms with Gasteiger partial charge in [-0.25, -0.2) is 8.78 Å². The fraction of sp³-hybridized carbons (Fsp3) is 0.571. The number of rotatable bonds is 4. The van der Waals surface area contributed by atoms with Crippen molar-refractivity contribution in [2.24, 2.45) is 5.92 Å². The average molecular weight is 332 g/mol. The van der Waals surface area contributed by atoms with Gasteiger partial charge in [0.25, 0.3) is 0 Å². The van der Waals surface area contributed by atoms with Gasteiger partial charge in [-0.3, -0.25) is 4.79 Å². The van der Waals surface area contributed by atoms with Gasteiger partial charge in [-0.1, -0.05) is 38.0 Å². The van der Waals surface area contributed by atoms with Crippen LogP contribution < -0.4 is 0 Å². The lowest BCUT2D eigenvalue weighted by atomic mass is 9.77. The normalized spacial score (nSPS) is 24.8. The fourth-order valence-corrected chi connectivity index (χ4v) is 4.26. The molecule has 1 aromatic carbocycles. The molecule has 0 amide bonds. The summed E-state index contributed by atoms with van der Waals surface area (Å²) >= 11 is 0. The summed E-state index contributed by atoms with van der Waals surface area (Å²) in [6.07, 6.45) is 9.62. The van der Waals surface area contributed by atoms with E-state index in [1.165, 1.54) is 12.8 Å². The minimum Gasteiger partial charge on any atom is -0.299 e. The Morgan fingerprint density at radius 2 is 1.79 bits per heavy atom. The molecule has 0 saturated heterocycles. The number of hydrogen-bond donors (Lipinski definition) is 0. The van der Waals surface area contributed by atoms with E-state index in [1.54, 1.807) is 18.2 Å². The van der Waals surface area contributed by atoms with E-state index >= 15 is 0 Å². The Balaban J connectivity index is 1.77. The van der Waals surface area contributed by atoms with Crippen molar-refractivity contribution in [3.8, 4) is 0 Å². The van der Waals surface area contributed by atoms with Gasteiger partial charge >= 0.3 is 0 Å². The maximum absolute atomic E-state index is 14.7. The van der Waals surface area contributed by atoms with Crippen LogP contribution in [-0.4, -0.2) is 5.78 Å². The molecule has 1 fully saturated rings. The quantitative estimate of drug-likeness (QED) is 0.644. The number of hydrogen-bond acceptors (Lipinski definition) is 1. The third kappa shape index (κ3) is 3.60. The second-order valence-corrected chi connectivity index (χ2v) is 7.31. The molecular weight excluding hydrogens is 306 g/mol. The smallest absolute Gasteiger partial charge is 0.166 e. The van der Waals surface area contributed by atoms with Gasteiger partial charge in [0, 0.05) is 18.4 Å². The molecule has 1 aromatic rings. The molecule has 0 bridgehead atoms.